The average molecular weight is 375 g/mol. The highest BCUT2D eigenvalue weighted by molar-refractivity contribution is 6.15. The van der Waals surface area contributed by atoms with Gasteiger partial charge in [0.2, 0.25) is 17.7 Å². The zero-order valence-corrected chi connectivity index (χ0v) is 15.3. The Kier molecular flexibility index (Phi) is 3.91. The van der Waals surface area contributed by atoms with E-state index in [4.69, 9.17) is 0 Å². The van der Waals surface area contributed by atoms with Crippen LogP contribution in [0.4, 0.5) is 10.1 Å². The molecule has 3 heterocycles. The molecule has 0 aromatic heterocycles. The highest BCUT2D eigenvalue weighted by Gasteiger charge is 2.71. The summed E-state index contributed by atoms with van der Waals surface area (Å²) < 4.78 is 14.0. The summed E-state index contributed by atoms with van der Waals surface area (Å²) in [4.78, 5) is 40.6. The second-order valence-corrected chi connectivity index (χ2v) is 7.67. The minimum absolute atomic E-state index is 0.304. The molecular weight excluding hydrogens is 353 g/mol. The number of aliphatic hydroxyl groups excluding tert-OH is 1. The Balaban J connectivity index is 1.92. The maximum Gasteiger partial charge on any atom is 0.250 e. The van der Waals surface area contributed by atoms with Gasteiger partial charge in [0.05, 0.1) is 17.9 Å². The van der Waals surface area contributed by atoms with E-state index in [0.717, 1.165) is 0 Å². The molecule has 0 bridgehead atoms. The van der Waals surface area contributed by atoms with E-state index in [9.17, 15) is 23.9 Å². The maximum absolute atomic E-state index is 14.0. The number of carbonyl (C=O) groups is 3. The van der Waals surface area contributed by atoms with E-state index >= 15 is 0 Å². The van der Waals surface area contributed by atoms with Crippen LogP contribution in [0.3, 0.4) is 0 Å². The van der Waals surface area contributed by atoms with E-state index in [1.807, 2.05) is 6.92 Å². The summed E-state index contributed by atoms with van der Waals surface area (Å²) in [6.07, 6.45) is -0.399. The Morgan fingerprint density at radius 1 is 1.26 bits per heavy atom. The zero-order chi connectivity index (χ0) is 19.7. The number of likely N-dealkylation sites (tertiary alicyclic amines) is 1. The summed E-state index contributed by atoms with van der Waals surface area (Å²) in [5.41, 5.74) is -0.863. The van der Waals surface area contributed by atoms with Gasteiger partial charge in [0, 0.05) is 23.3 Å². The summed E-state index contributed by atoms with van der Waals surface area (Å²) in [5, 5.41) is 16.0. The van der Waals surface area contributed by atoms with Crippen LogP contribution in [0.2, 0.25) is 0 Å². The highest BCUT2D eigenvalue weighted by Crippen LogP contribution is 2.53. The molecule has 144 valence electrons. The lowest BCUT2D eigenvalue weighted by Crippen LogP contribution is -2.55. The molecule has 8 heteroatoms. The molecule has 7 nitrogen and oxygen atoms in total. The fraction of sp³-hybridized carbons (Fsp3) is 0.526. The molecule has 0 aliphatic carbocycles. The Morgan fingerprint density at radius 3 is 2.59 bits per heavy atom. The number of amides is 3. The van der Waals surface area contributed by atoms with Gasteiger partial charge < -0.3 is 10.4 Å². The average Bonchev–Trinajstić information content (AvgIpc) is 3.20. The van der Waals surface area contributed by atoms with E-state index in [2.05, 4.69) is 10.6 Å². The first kappa shape index (κ1) is 18.1. The molecule has 0 saturated carbocycles. The number of carbonyl (C=O) groups excluding carboxylic acids is 3. The van der Waals surface area contributed by atoms with Gasteiger partial charge in [-0.1, -0.05) is 6.92 Å². The molecule has 3 aliphatic heterocycles. The number of benzene rings is 1. The second-order valence-electron chi connectivity index (χ2n) is 7.67. The molecule has 3 N–H and O–H groups in total. The topological polar surface area (TPSA) is 98.7 Å². The van der Waals surface area contributed by atoms with Crippen LogP contribution in [-0.4, -0.2) is 45.9 Å². The normalized spacial score (nSPS) is 34.0. The van der Waals surface area contributed by atoms with Crippen molar-refractivity contribution < 1.29 is 23.9 Å². The van der Waals surface area contributed by atoms with Crippen LogP contribution in [0.5, 0.6) is 0 Å². The molecule has 27 heavy (non-hydrogen) atoms. The van der Waals surface area contributed by atoms with Gasteiger partial charge in [0.1, 0.15) is 11.4 Å². The quantitative estimate of drug-likeness (QED) is 0.677. The summed E-state index contributed by atoms with van der Waals surface area (Å²) in [6.45, 7) is 5.15. The van der Waals surface area contributed by atoms with Gasteiger partial charge in [-0.3, -0.25) is 24.6 Å². The fourth-order valence-corrected chi connectivity index (χ4v) is 4.76. The Hall–Kier alpha value is -2.32. The van der Waals surface area contributed by atoms with Gasteiger partial charge in [0.15, 0.2) is 0 Å². The van der Waals surface area contributed by atoms with Crippen LogP contribution in [0.1, 0.15) is 32.8 Å². The molecule has 0 unspecified atom stereocenters. The minimum Gasteiger partial charge on any atom is -0.392 e. The molecule has 3 amide bonds. The van der Waals surface area contributed by atoms with Gasteiger partial charge >= 0.3 is 0 Å². The van der Waals surface area contributed by atoms with Crippen LogP contribution >= 0.6 is 0 Å². The Morgan fingerprint density at radius 2 is 1.96 bits per heavy atom. The third kappa shape index (κ3) is 2.17. The van der Waals surface area contributed by atoms with Gasteiger partial charge in [0.25, 0.3) is 0 Å². The summed E-state index contributed by atoms with van der Waals surface area (Å²) in [7, 11) is 0. The summed E-state index contributed by atoms with van der Waals surface area (Å²) >= 11 is 0. The van der Waals surface area contributed by atoms with Gasteiger partial charge in [-0.05, 0) is 38.5 Å². The lowest BCUT2D eigenvalue weighted by atomic mass is 9.76. The predicted octanol–water partition coefficient (Wildman–Crippen LogP) is 0.725. The van der Waals surface area contributed by atoms with Crippen molar-refractivity contribution in [2.24, 2.45) is 11.8 Å². The van der Waals surface area contributed by atoms with Crippen molar-refractivity contribution in [2.45, 2.75) is 50.9 Å². The van der Waals surface area contributed by atoms with E-state index in [1.54, 1.807) is 6.92 Å². The van der Waals surface area contributed by atoms with Crippen LogP contribution in [0.25, 0.3) is 0 Å². The van der Waals surface area contributed by atoms with E-state index in [-0.39, 0.29) is 6.04 Å². The first-order chi connectivity index (χ1) is 12.7. The molecule has 2 saturated heterocycles. The van der Waals surface area contributed by atoms with Crippen molar-refractivity contribution in [3.8, 4) is 0 Å². The third-order valence-electron chi connectivity index (χ3n) is 6.20. The lowest BCUT2D eigenvalue weighted by molar-refractivity contribution is -0.145. The number of hydrogen-bond acceptors (Lipinski definition) is 5. The standard InChI is InChI=1S/C19H22FN3O4/c1-4-8(2)23-16(25)13-14(17(23)26)19(22-15(13)9(3)24)11-7-10(20)5-6-12(11)21-18(19)27/h5-9,13-15,22,24H,4H2,1-3H3,(H,21,27)/t8-,9+,13+,14+,15-,19-/m1/s1. The van der Waals surface area contributed by atoms with E-state index in [1.165, 1.54) is 30.0 Å². The zero-order valence-electron chi connectivity index (χ0n) is 15.3. The van der Waals surface area contributed by atoms with Crippen LogP contribution in [-0.2, 0) is 19.9 Å². The summed E-state index contributed by atoms with van der Waals surface area (Å²) in [6, 6.07) is 2.77. The van der Waals surface area contributed by atoms with Crippen molar-refractivity contribution in [2.75, 3.05) is 5.32 Å². The number of hydrogen-bond donors (Lipinski definition) is 3. The number of nitrogens with one attached hydrogen (secondary N) is 2. The second kappa shape index (κ2) is 5.84. The number of nitrogens with zero attached hydrogens (tertiary/aromatic N) is 1. The van der Waals surface area contributed by atoms with Crippen molar-refractivity contribution >= 4 is 23.4 Å². The SMILES string of the molecule is CC[C@@H](C)N1C(=O)[C@@H]2[C@@H]([C@H](C)O)N[C@@]3(C(=O)Nc4ccc(F)cc43)[C@@H]2C1=O. The maximum atomic E-state index is 14.0. The number of imide groups is 1. The molecule has 6 atom stereocenters. The monoisotopic (exact) mass is 375 g/mol. The van der Waals surface area contributed by atoms with Gasteiger partial charge in [-0.2, -0.15) is 0 Å². The molecule has 1 spiro atoms. The largest absolute Gasteiger partial charge is 0.392 e. The van der Waals surface area contributed by atoms with E-state index < -0.39 is 53.1 Å². The van der Waals surface area contributed by atoms with Crippen LogP contribution < -0.4 is 10.6 Å². The number of rotatable bonds is 3. The number of anilines is 1. The highest BCUT2D eigenvalue weighted by atomic mass is 19.1. The van der Waals surface area contributed by atoms with E-state index in [0.29, 0.717) is 17.7 Å². The lowest BCUT2D eigenvalue weighted by Gasteiger charge is -2.31. The molecule has 4 rings (SSSR count). The van der Waals surface area contributed by atoms with Gasteiger partial charge in [-0.15, -0.1) is 0 Å². The molecule has 3 aliphatic rings. The Labute approximate surface area is 155 Å². The van der Waals surface area contributed by atoms with Crippen molar-refractivity contribution in [3.63, 3.8) is 0 Å². The molecule has 2 fully saturated rings. The van der Waals surface area contributed by atoms with Crippen LogP contribution in [0, 0.1) is 17.7 Å². The number of aliphatic hydroxyl groups is 1. The van der Waals surface area contributed by atoms with Crippen molar-refractivity contribution in [3.05, 3.63) is 29.6 Å². The molecule has 1 aromatic carbocycles. The molecule has 1 aromatic rings. The first-order valence-corrected chi connectivity index (χ1v) is 9.18. The van der Waals surface area contributed by atoms with Crippen molar-refractivity contribution in [1.82, 2.24) is 10.2 Å². The molecular formula is C19H22FN3O4. The Bertz CT molecular complexity index is 857. The van der Waals surface area contributed by atoms with Gasteiger partial charge in [-0.25, -0.2) is 4.39 Å². The van der Waals surface area contributed by atoms with Crippen LogP contribution in [0.15, 0.2) is 18.2 Å². The summed E-state index contributed by atoms with van der Waals surface area (Å²) in [5.74, 6) is -3.81. The number of halogens is 1. The minimum atomic E-state index is -1.57. The third-order valence-corrected chi connectivity index (χ3v) is 6.20. The molecule has 0 radical (unpaired) electrons. The number of fused-ring (bicyclic) bond motifs is 4. The predicted molar refractivity (Wildman–Crippen MR) is 93.9 cm³/mol. The smallest absolute Gasteiger partial charge is 0.250 e. The van der Waals surface area contributed by atoms with Crippen molar-refractivity contribution in [1.29, 1.82) is 0 Å². The fourth-order valence-electron chi connectivity index (χ4n) is 4.76. The first-order valence-electron chi connectivity index (χ1n) is 9.18.